The molecule has 0 aromatic carbocycles. The molecule has 1 aromatic heterocycles. The fraction of sp³-hybridized carbons (Fsp3) is 0.688. The molecule has 0 amide bonds. The number of methoxy groups -OCH3 is 1. The molecule has 0 fully saturated rings. The molecular formula is C16H28N2O. The number of unbranched alkanes of at least 4 members (excludes halogenated alkanes) is 3. The molecule has 1 atom stereocenters. The van der Waals surface area contributed by atoms with Crippen LogP contribution >= 0.6 is 0 Å². The zero-order valence-corrected chi connectivity index (χ0v) is 12.6. The zero-order valence-electron chi connectivity index (χ0n) is 12.6. The van der Waals surface area contributed by atoms with Crippen LogP contribution in [-0.4, -0.2) is 18.6 Å². The summed E-state index contributed by atoms with van der Waals surface area (Å²) in [6.45, 7) is 5.46. The Morgan fingerprint density at radius 3 is 2.74 bits per heavy atom. The van der Waals surface area contributed by atoms with Crippen molar-refractivity contribution < 1.29 is 4.74 Å². The predicted octanol–water partition coefficient (Wildman–Crippen LogP) is 4.10. The largest absolute Gasteiger partial charge is 0.495 e. The minimum Gasteiger partial charge on any atom is -0.495 e. The highest BCUT2D eigenvalue weighted by Crippen LogP contribution is 2.26. The number of ether oxygens (including phenoxy) is 1. The van der Waals surface area contributed by atoms with Gasteiger partial charge in [-0.2, -0.15) is 0 Å². The molecule has 1 rings (SSSR count). The van der Waals surface area contributed by atoms with Crippen molar-refractivity contribution in [2.24, 2.45) is 0 Å². The van der Waals surface area contributed by atoms with E-state index in [1.807, 2.05) is 18.3 Å². The number of aromatic nitrogens is 1. The monoisotopic (exact) mass is 264 g/mol. The lowest BCUT2D eigenvalue weighted by Crippen LogP contribution is -2.23. The van der Waals surface area contributed by atoms with Crippen LogP contribution in [0.15, 0.2) is 18.3 Å². The van der Waals surface area contributed by atoms with Gasteiger partial charge in [-0.25, -0.2) is 0 Å². The lowest BCUT2D eigenvalue weighted by molar-refractivity contribution is 0.385. The molecule has 0 spiro atoms. The Morgan fingerprint density at radius 2 is 2.05 bits per heavy atom. The van der Waals surface area contributed by atoms with Crippen molar-refractivity contribution in [1.82, 2.24) is 10.3 Å². The standard InChI is InChI=1S/C16H28N2O/c1-4-6-7-8-10-14(17-12-5-2)16-15(19-3)11-9-13-18-16/h9,11,13-14,17H,4-8,10,12H2,1-3H3. The first-order valence-corrected chi connectivity index (χ1v) is 7.55. The van der Waals surface area contributed by atoms with Crippen molar-refractivity contribution >= 4 is 0 Å². The van der Waals surface area contributed by atoms with E-state index in [0.29, 0.717) is 6.04 Å². The average molecular weight is 264 g/mol. The topological polar surface area (TPSA) is 34.2 Å². The SMILES string of the molecule is CCCCCCC(NCCC)c1ncccc1OC. The maximum absolute atomic E-state index is 5.43. The molecule has 0 radical (unpaired) electrons. The Bertz CT molecular complexity index is 341. The molecule has 1 N–H and O–H groups in total. The van der Waals surface area contributed by atoms with Gasteiger partial charge in [-0.3, -0.25) is 4.98 Å². The molecular weight excluding hydrogens is 236 g/mol. The van der Waals surface area contributed by atoms with Gasteiger partial charge in [-0.1, -0.05) is 39.5 Å². The number of nitrogens with one attached hydrogen (secondary N) is 1. The Labute approximate surface area is 117 Å². The maximum Gasteiger partial charge on any atom is 0.141 e. The minimum absolute atomic E-state index is 0.313. The van der Waals surface area contributed by atoms with Crippen LogP contribution in [0.2, 0.25) is 0 Å². The number of nitrogens with zero attached hydrogens (tertiary/aromatic N) is 1. The number of pyridine rings is 1. The van der Waals surface area contributed by atoms with Gasteiger partial charge in [-0.15, -0.1) is 0 Å². The van der Waals surface area contributed by atoms with Crippen LogP contribution in [0.4, 0.5) is 0 Å². The normalized spacial score (nSPS) is 12.4. The fourth-order valence-electron chi connectivity index (χ4n) is 2.27. The van der Waals surface area contributed by atoms with E-state index in [0.717, 1.165) is 30.8 Å². The van der Waals surface area contributed by atoms with Crippen molar-refractivity contribution in [2.75, 3.05) is 13.7 Å². The van der Waals surface area contributed by atoms with Crippen LogP contribution < -0.4 is 10.1 Å². The lowest BCUT2D eigenvalue weighted by Gasteiger charge is -2.20. The molecule has 1 unspecified atom stereocenters. The molecule has 1 heterocycles. The number of hydrogen-bond acceptors (Lipinski definition) is 3. The summed E-state index contributed by atoms with van der Waals surface area (Å²) in [5.41, 5.74) is 1.05. The first kappa shape index (κ1) is 16.0. The second-order valence-electron chi connectivity index (χ2n) is 4.95. The average Bonchev–Trinajstić information content (AvgIpc) is 2.46. The highest BCUT2D eigenvalue weighted by Gasteiger charge is 2.16. The molecule has 0 saturated heterocycles. The van der Waals surface area contributed by atoms with E-state index >= 15 is 0 Å². The second kappa shape index (κ2) is 9.79. The van der Waals surface area contributed by atoms with Crippen LogP contribution in [-0.2, 0) is 0 Å². The Balaban J connectivity index is 2.65. The molecule has 1 aromatic rings. The van der Waals surface area contributed by atoms with Crippen molar-refractivity contribution in [2.45, 2.75) is 58.4 Å². The van der Waals surface area contributed by atoms with Gasteiger partial charge < -0.3 is 10.1 Å². The minimum atomic E-state index is 0.313. The fourth-order valence-corrected chi connectivity index (χ4v) is 2.27. The summed E-state index contributed by atoms with van der Waals surface area (Å²) in [5, 5.41) is 3.59. The van der Waals surface area contributed by atoms with E-state index in [2.05, 4.69) is 24.1 Å². The van der Waals surface area contributed by atoms with E-state index in [4.69, 9.17) is 4.74 Å². The van der Waals surface area contributed by atoms with E-state index in [-0.39, 0.29) is 0 Å². The van der Waals surface area contributed by atoms with Gasteiger partial charge >= 0.3 is 0 Å². The quantitative estimate of drug-likeness (QED) is 0.646. The molecule has 3 nitrogen and oxygen atoms in total. The van der Waals surface area contributed by atoms with Gasteiger partial charge in [0, 0.05) is 6.20 Å². The third-order valence-corrected chi connectivity index (χ3v) is 3.34. The summed E-state index contributed by atoms with van der Waals surface area (Å²) >= 11 is 0. The molecule has 0 aliphatic heterocycles. The smallest absolute Gasteiger partial charge is 0.141 e. The highest BCUT2D eigenvalue weighted by atomic mass is 16.5. The summed E-state index contributed by atoms with van der Waals surface area (Å²) in [6, 6.07) is 4.23. The van der Waals surface area contributed by atoms with Gasteiger partial charge in [0.25, 0.3) is 0 Å². The number of hydrogen-bond donors (Lipinski definition) is 1. The summed E-state index contributed by atoms with van der Waals surface area (Å²) < 4.78 is 5.43. The van der Waals surface area contributed by atoms with E-state index < -0.39 is 0 Å². The van der Waals surface area contributed by atoms with E-state index in [1.165, 1.54) is 25.7 Å². The van der Waals surface area contributed by atoms with Crippen LogP contribution in [0.5, 0.6) is 5.75 Å². The third kappa shape index (κ3) is 5.60. The van der Waals surface area contributed by atoms with Crippen LogP contribution in [0.25, 0.3) is 0 Å². The summed E-state index contributed by atoms with van der Waals surface area (Å²) in [4.78, 5) is 4.51. The maximum atomic E-state index is 5.43. The third-order valence-electron chi connectivity index (χ3n) is 3.34. The summed E-state index contributed by atoms with van der Waals surface area (Å²) in [7, 11) is 1.72. The molecule has 108 valence electrons. The summed E-state index contributed by atoms with van der Waals surface area (Å²) in [6.07, 6.45) is 9.27. The van der Waals surface area contributed by atoms with Crippen molar-refractivity contribution in [3.05, 3.63) is 24.0 Å². The first-order valence-electron chi connectivity index (χ1n) is 7.55. The van der Waals surface area contributed by atoms with E-state index in [1.54, 1.807) is 7.11 Å². The lowest BCUT2D eigenvalue weighted by atomic mass is 10.0. The van der Waals surface area contributed by atoms with Crippen molar-refractivity contribution in [3.8, 4) is 5.75 Å². The van der Waals surface area contributed by atoms with Crippen molar-refractivity contribution in [1.29, 1.82) is 0 Å². The van der Waals surface area contributed by atoms with Crippen LogP contribution in [0.3, 0.4) is 0 Å². The summed E-state index contributed by atoms with van der Waals surface area (Å²) in [5.74, 6) is 0.895. The van der Waals surface area contributed by atoms with Gasteiger partial charge in [-0.05, 0) is 31.5 Å². The Morgan fingerprint density at radius 1 is 1.21 bits per heavy atom. The highest BCUT2D eigenvalue weighted by molar-refractivity contribution is 5.29. The van der Waals surface area contributed by atoms with E-state index in [9.17, 15) is 0 Å². The predicted molar refractivity (Wildman–Crippen MR) is 80.6 cm³/mol. The molecule has 0 aliphatic carbocycles. The molecule has 19 heavy (non-hydrogen) atoms. The molecule has 3 heteroatoms. The van der Waals surface area contributed by atoms with Gasteiger partial charge in [0.2, 0.25) is 0 Å². The van der Waals surface area contributed by atoms with Gasteiger partial charge in [0.1, 0.15) is 5.75 Å². The van der Waals surface area contributed by atoms with Crippen LogP contribution in [0.1, 0.15) is 64.1 Å². The zero-order chi connectivity index (χ0) is 13.9. The Kier molecular flexibility index (Phi) is 8.23. The first-order chi connectivity index (χ1) is 9.33. The molecule has 0 bridgehead atoms. The van der Waals surface area contributed by atoms with Gasteiger partial charge in [0.05, 0.1) is 18.8 Å². The number of rotatable bonds is 10. The van der Waals surface area contributed by atoms with Gasteiger partial charge in [0.15, 0.2) is 0 Å². The van der Waals surface area contributed by atoms with Crippen LogP contribution in [0, 0.1) is 0 Å². The molecule has 0 saturated carbocycles. The van der Waals surface area contributed by atoms with Crippen molar-refractivity contribution in [3.63, 3.8) is 0 Å². The Hall–Kier alpha value is -1.09. The second-order valence-corrected chi connectivity index (χ2v) is 4.95. The molecule has 0 aliphatic rings.